The Bertz CT molecular complexity index is 839. The van der Waals surface area contributed by atoms with Gasteiger partial charge in [-0.1, -0.05) is 0 Å². The van der Waals surface area contributed by atoms with Crippen molar-refractivity contribution in [2.75, 3.05) is 39.4 Å². The van der Waals surface area contributed by atoms with Gasteiger partial charge in [-0.3, -0.25) is 4.79 Å². The van der Waals surface area contributed by atoms with Crippen LogP contribution in [-0.4, -0.2) is 74.0 Å². The zero-order valence-electron chi connectivity index (χ0n) is 17.3. The molecular weight excluding hydrogens is 408 g/mol. The first-order valence-corrected chi connectivity index (χ1v) is 12.0. The van der Waals surface area contributed by atoms with E-state index in [0.29, 0.717) is 44.6 Å². The average molecular weight is 439 g/mol. The summed E-state index contributed by atoms with van der Waals surface area (Å²) in [6.07, 6.45) is 2.63. The fourth-order valence-electron chi connectivity index (χ4n) is 4.06. The number of likely N-dealkylation sites (tertiary alicyclic amines) is 1. The molecule has 0 bridgehead atoms. The number of esters is 1. The van der Waals surface area contributed by atoms with Crippen LogP contribution in [-0.2, 0) is 19.6 Å². The Morgan fingerprint density at radius 1 is 1.03 bits per heavy atom. The molecule has 0 radical (unpaired) electrons. The van der Waals surface area contributed by atoms with Crippen LogP contribution in [0.1, 0.15) is 43.0 Å². The number of aliphatic hydroxyl groups is 1. The number of rotatable bonds is 6. The van der Waals surface area contributed by atoms with Gasteiger partial charge in [-0.05, 0) is 62.8 Å². The first kappa shape index (κ1) is 22.7. The van der Waals surface area contributed by atoms with Crippen LogP contribution in [0.3, 0.4) is 0 Å². The molecule has 2 fully saturated rings. The van der Waals surface area contributed by atoms with Gasteiger partial charge in [0, 0.05) is 38.7 Å². The lowest BCUT2D eigenvalue weighted by molar-refractivity contribution is -0.138. The molecule has 2 heterocycles. The quantitative estimate of drug-likeness (QED) is 0.675. The summed E-state index contributed by atoms with van der Waals surface area (Å²) in [7, 11) is -3.67. The minimum absolute atomic E-state index is 0.0993. The van der Waals surface area contributed by atoms with Gasteiger partial charge in [0.1, 0.15) is 0 Å². The average Bonchev–Trinajstić information content (AvgIpc) is 2.79. The summed E-state index contributed by atoms with van der Waals surface area (Å²) >= 11 is 0. The standard InChI is InChI=1S/C21H30N2O6S/c1-2-29-21(26)18-3-5-19(6-4-18)30(27,28)23-13-9-17(10-14-23)20(25)22-11-7-16(15-24)8-12-22/h3-6,16-17,24H,2,7-15H2,1H3. The van der Waals surface area contributed by atoms with Crippen LogP contribution in [0.5, 0.6) is 0 Å². The lowest BCUT2D eigenvalue weighted by Gasteiger charge is -2.36. The summed E-state index contributed by atoms with van der Waals surface area (Å²) in [5, 5.41) is 9.24. The van der Waals surface area contributed by atoms with Crippen LogP contribution in [0.4, 0.5) is 0 Å². The van der Waals surface area contributed by atoms with Crippen LogP contribution < -0.4 is 0 Å². The van der Waals surface area contributed by atoms with Gasteiger partial charge in [0.05, 0.1) is 17.1 Å². The highest BCUT2D eigenvalue weighted by atomic mass is 32.2. The number of sulfonamides is 1. The Morgan fingerprint density at radius 3 is 2.17 bits per heavy atom. The van der Waals surface area contributed by atoms with E-state index in [1.807, 2.05) is 4.90 Å². The summed E-state index contributed by atoms with van der Waals surface area (Å²) in [5.74, 6) is -0.268. The molecule has 1 N–H and O–H groups in total. The molecule has 1 amide bonds. The normalized spacial score (nSPS) is 19.6. The molecule has 0 atom stereocenters. The predicted molar refractivity (Wildman–Crippen MR) is 110 cm³/mol. The fourth-order valence-corrected chi connectivity index (χ4v) is 5.53. The van der Waals surface area contributed by atoms with E-state index < -0.39 is 16.0 Å². The third-order valence-electron chi connectivity index (χ3n) is 5.99. The number of hydrogen-bond acceptors (Lipinski definition) is 6. The van der Waals surface area contributed by atoms with Gasteiger partial charge in [0.15, 0.2) is 0 Å². The maximum absolute atomic E-state index is 12.9. The van der Waals surface area contributed by atoms with Gasteiger partial charge in [-0.15, -0.1) is 0 Å². The van der Waals surface area contributed by atoms with Crippen molar-refractivity contribution >= 4 is 21.9 Å². The van der Waals surface area contributed by atoms with Crippen LogP contribution in [0.2, 0.25) is 0 Å². The molecule has 2 saturated heterocycles. The summed E-state index contributed by atoms with van der Waals surface area (Å²) in [5.41, 5.74) is 0.310. The van der Waals surface area contributed by atoms with Crippen molar-refractivity contribution in [3.8, 4) is 0 Å². The summed E-state index contributed by atoms with van der Waals surface area (Å²) in [4.78, 5) is 26.5. The van der Waals surface area contributed by atoms with Crippen LogP contribution in [0, 0.1) is 11.8 Å². The maximum atomic E-state index is 12.9. The number of carbonyl (C=O) groups is 2. The molecule has 0 aromatic heterocycles. The van der Waals surface area contributed by atoms with Crippen molar-refractivity contribution in [2.45, 2.75) is 37.5 Å². The predicted octanol–water partition coefficient (Wildman–Crippen LogP) is 1.49. The highest BCUT2D eigenvalue weighted by molar-refractivity contribution is 7.89. The van der Waals surface area contributed by atoms with E-state index in [1.165, 1.54) is 28.6 Å². The molecule has 2 aliphatic heterocycles. The number of carbonyl (C=O) groups excluding carboxylic acids is 2. The van der Waals surface area contributed by atoms with Crippen molar-refractivity contribution in [3.05, 3.63) is 29.8 Å². The van der Waals surface area contributed by atoms with E-state index >= 15 is 0 Å². The van der Waals surface area contributed by atoms with Crippen molar-refractivity contribution in [1.82, 2.24) is 9.21 Å². The molecule has 0 spiro atoms. The monoisotopic (exact) mass is 438 g/mol. The molecule has 1 aromatic carbocycles. The van der Waals surface area contributed by atoms with E-state index in [1.54, 1.807) is 6.92 Å². The van der Waals surface area contributed by atoms with Crippen molar-refractivity contribution in [1.29, 1.82) is 0 Å². The summed E-state index contributed by atoms with van der Waals surface area (Å²) in [6.45, 7) is 4.05. The van der Waals surface area contributed by atoms with E-state index in [2.05, 4.69) is 0 Å². The van der Waals surface area contributed by atoms with Crippen molar-refractivity contribution < 1.29 is 27.9 Å². The molecule has 0 saturated carbocycles. The molecule has 9 heteroatoms. The number of ether oxygens (including phenoxy) is 1. The van der Waals surface area contributed by atoms with E-state index in [0.717, 1.165) is 12.8 Å². The van der Waals surface area contributed by atoms with Crippen LogP contribution >= 0.6 is 0 Å². The Hall–Kier alpha value is -1.97. The van der Waals surface area contributed by atoms with Gasteiger partial charge in [-0.25, -0.2) is 13.2 Å². The third-order valence-corrected chi connectivity index (χ3v) is 7.90. The summed E-state index contributed by atoms with van der Waals surface area (Å²) in [6, 6.07) is 5.75. The van der Waals surface area contributed by atoms with Gasteiger partial charge in [0.25, 0.3) is 0 Å². The first-order valence-electron chi connectivity index (χ1n) is 10.5. The lowest BCUT2D eigenvalue weighted by Crippen LogP contribution is -2.46. The molecule has 30 heavy (non-hydrogen) atoms. The highest BCUT2D eigenvalue weighted by Gasteiger charge is 2.34. The fraction of sp³-hybridized carbons (Fsp3) is 0.619. The van der Waals surface area contributed by atoms with Crippen molar-refractivity contribution in [3.63, 3.8) is 0 Å². The zero-order chi connectivity index (χ0) is 21.7. The Morgan fingerprint density at radius 2 is 1.63 bits per heavy atom. The van der Waals surface area contributed by atoms with E-state index in [9.17, 15) is 23.1 Å². The number of hydrogen-bond donors (Lipinski definition) is 1. The second kappa shape index (κ2) is 9.89. The number of amides is 1. The molecule has 0 aliphatic carbocycles. The number of nitrogens with zero attached hydrogens (tertiary/aromatic N) is 2. The van der Waals surface area contributed by atoms with Crippen LogP contribution in [0.15, 0.2) is 29.2 Å². The Balaban J connectivity index is 1.57. The zero-order valence-corrected chi connectivity index (χ0v) is 18.1. The molecule has 3 rings (SSSR count). The SMILES string of the molecule is CCOC(=O)c1ccc(S(=O)(=O)N2CCC(C(=O)N3CCC(CO)CC3)CC2)cc1. The van der Waals surface area contributed by atoms with E-state index in [4.69, 9.17) is 4.74 Å². The van der Waals surface area contributed by atoms with Gasteiger partial charge < -0.3 is 14.7 Å². The first-order chi connectivity index (χ1) is 14.4. The molecule has 1 aromatic rings. The molecule has 2 aliphatic rings. The molecule has 0 unspecified atom stereocenters. The van der Waals surface area contributed by atoms with E-state index in [-0.39, 0.29) is 35.9 Å². The smallest absolute Gasteiger partial charge is 0.338 e. The highest BCUT2D eigenvalue weighted by Crippen LogP contribution is 2.27. The van der Waals surface area contributed by atoms with Crippen molar-refractivity contribution in [2.24, 2.45) is 11.8 Å². The topological polar surface area (TPSA) is 104 Å². The Labute approximate surface area is 177 Å². The second-order valence-corrected chi connectivity index (χ2v) is 9.81. The van der Waals surface area contributed by atoms with Gasteiger partial charge in [0.2, 0.25) is 15.9 Å². The maximum Gasteiger partial charge on any atom is 0.338 e. The minimum atomic E-state index is -3.67. The largest absolute Gasteiger partial charge is 0.462 e. The van der Waals surface area contributed by atoms with Crippen LogP contribution in [0.25, 0.3) is 0 Å². The Kier molecular flexibility index (Phi) is 7.49. The third kappa shape index (κ3) is 5.01. The van der Waals surface area contributed by atoms with Gasteiger partial charge >= 0.3 is 5.97 Å². The van der Waals surface area contributed by atoms with Gasteiger partial charge in [-0.2, -0.15) is 4.31 Å². The summed E-state index contributed by atoms with van der Waals surface area (Å²) < 4.78 is 32.2. The number of aliphatic hydroxyl groups excluding tert-OH is 1. The lowest BCUT2D eigenvalue weighted by atomic mass is 9.93. The minimum Gasteiger partial charge on any atom is -0.462 e. The number of piperidine rings is 2. The number of benzene rings is 1. The molecule has 166 valence electrons. The molecular formula is C21H30N2O6S. The molecule has 8 nitrogen and oxygen atoms in total. The second-order valence-electron chi connectivity index (χ2n) is 7.87.